The first-order valence-electron chi connectivity index (χ1n) is 5.67. The van der Waals surface area contributed by atoms with Gasteiger partial charge in [0.2, 0.25) is 0 Å². The summed E-state index contributed by atoms with van der Waals surface area (Å²) in [4.78, 5) is 12.5. The summed E-state index contributed by atoms with van der Waals surface area (Å²) >= 11 is 8.11. The monoisotopic (exact) mass is 388 g/mol. The molecule has 19 heavy (non-hydrogen) atoms. The van der Waals surface area contributed by atoms with E-state index in [9.17, 15) is 9.18 Å². The highest BCUT2D eigenvalue weighted by atomic mass is 127. The Morgan fingerprint density at radius 2 is 1.84 bits per heavy atom. The van der Waals surface area contributed by atoms with Crippen LogP contribution in [-0.4, -0.2) is 5.78 Å². The maximum absolute atomic E-state index is 13.4. The molecule has 0 aliphatic carbocycles. The van der Waals surface area contributed by atoms with E-state index in [2.05, 4.69) is 22.6 Å². The van der Waals surface area contributed by atoms with Gasteiger partial charge in [-0.05, 0) is 65.8 Å². The molecule has 0 amide bonds. The predicted octanol–water partition coefficient (Wildman–Crippen LogP) is 4.93. The largest absolute Gasteiger partial charge is 0.289 e. The van der Waals surface area contributed by atoms with Gasteiger partial charge in [0.15, 0.2) is 5.78 Å². The van der Waals surface area contributed by atoms with E-state index < -0.39 is 5.82 Å². The average Bonchev–Trinajstić information content (AvgIpc) is 2.36. The van der Waals surface area contributed by atoms with Crippen LogP contribution in [0.2, 0.25) is 5.02 Å². The lowest BCUT2D eigenvalue weighted by atomic mass is 10.00. The van der Waals surface area contributed by atoms with E-state index in [1.54, 1.807) is 13.0 Å². The van der Waals surface area contributed by atoms with E-state index >= 15 is 0 Å². The van der Waals surface area contributed by atoms with E-state index in [4.69, 9.17) is 11.6 Å². The molecule has 0 heterocycles. The molecule has 98 valence electrons. The van der Waals surface area contributed by atoms with Gasteiger partial charge in [-0.2, -0.15) is 0 Å². The van der Waals surface area contributed by atoms with Crippen LogP contribution in [0.15, 0.2) is 30.3 Å². The Morgan fingerprint density at radius 1 is 1.16 bits per heavy atom. The number of hydrogen-bond donors (Lipinski definition) is 0. The van der Waals surface area contributed by atoms with E-state index in [1.165, 1.54) is 12.1 Å². The van der Waals surface area contributed by atoms with Crippen molar-refractivity contribution in [3.63, 3.8) is 0 Å². The SMILES string of the molecule is Cc1cc(C(=O)c2cccc(C)c2I)c(Cl)cc1F. The van der Waals surface area contributed by atoms with Gasteiger partial charge in [0, 0.05) is 14.7 Å². The van der Waals surface area contributed by atoms with Crippen LogP contribution in [0.1, 0.15) is 27.0 Å². The Hall–Kier alpha value is -0.940. The Morgan fingerprint density at radius 3 is 2.53 bits per heavy atom. The fraction of sp³-hybridized carbons (Fsp3) is 0.133. The third kappa shape index (κ3) is 2.82. The van der Waals surface area contributed by atoms with E-state index in [0.717, 1.165) is 9.13 Å². The quantitative estimate of drug-likeness (QED) is 0.526. The van der Waals surface area contributed by atoms with Crippen molar-refractivity contribution in [2.75, 3.05) is 0 Å². The van der Waals surface area contributed by atoms with E-state index in [0.29, 0.717) is 16.7 Å². The van der Waals surface area contributed by atoms with Crippen LogP contribution in [0, 0.1) is 23.2 Å². The van der Waals surface area contributed by atoms with Gasteiger partial charge in [-0.1, -0.05) is 23.7 Å². The van der Waals surface area contributed by atoms with Crippen molar-refractivity contribution < 1.29 is 9.18 Å². The molecular weight excluding hydrogens is 378 g/mol. The minimum atomic E-state index is -0.402. The Labute approximate surface area is 129 Å². The van der Waals surface area contributed by atoms with Crippen LogP contribution in [0.25, 0.3) is 0 Å². The standard InChI is InChI=1S/C15H11ClFIO/c1-8-4-3-5-10(14(8)18)15(19)11-6-9(2)13(17)7-12(11)16/h3-7H,1-2H3. The van der Waals surface area contributed by atoms with Crippen LogP contribution in [0.4, 0.5) is 4.39 Å². The summed E-state index contributed by atoms with van der Waals surface area (Å²) in [5, 5.41) is 0.144. The highest BCUT2D eigenvalue weighted by Crippen LogP contribution is 2.26. The first-order valence-corrected chi connectivity index (χ1v) is 7.13. The maximum Gasteiger partial charge on any atom is 0.195 e. The molecule has 2 aromatic rings. The fourth-order valence-corrected chi connectivity index (χ4v) is 2.64. The van der Waals surface area contributed by atoms with Crippen molar-refractivity contribution >= 4 is 40.0 Å². The van der Waals surface area contributed by atoms with Crippen LogP contribution < -0.4 is 0 Å². The molecule has 0 saturated carbocycles. The van der Waals surface area contributed by atoms with Gasteiger partial charge in [0.1, 0.15) is 5.82 Å². The molecule has 0 bridgehead atoms. The predicted molar refractivity (Wildman–Crippen MR) is 83.5 cm³/mol. The number of hydrogen-bond acceptors (Lipinski definition) is 1. The number of rotatable bonds is 2. The molecular formula is C15H11ClFIO. The molecule has 0 unspecified atom stereocenters. The van der Waals surface area contributed by atoms with E-state index in [-0.39, 0.29) is 10.8 Å². The number of carbonyl (C=O) groups excluding carboxylic acids is 1. The van der Waals surface area contributed by atoms with Gasteiger partial charge < -0.3 is 0 Å². The zero-order chi connectivity index (χ0) is 14.2. The molecule has 4 heteroatoms. The minimum absolute atomic E-state index is 0.144. The lowest BCUT2D eigenvalue weighted by Gasteiger charge is -2.09. The van der Waals surface area contributed by atoms with Crippen LogP contribution in [-0.2, 0) is 0 Å². The number of benzene rings is 2. The second-order valence-electron chi connectivity index (χ2n) is 4.35. The molecule has 0 fully saturated rings. The topological polar surface area (TPSA) is 17.1 Å². The second-order valence-corrected chi connectivity index (χ2v) is 5.83. The van der Waals surface area contributed by atoms with Crippen molar-refractivity contribution in [2.45, 2.75) is 13.8 Å². The van der Waals surface area contributed by atoms with Gasteiger partial charge in [-0.3, -0.25) is 4.79 Å². The smallest absolute Gasteiger partial charge is 0.195 e. The molecule has 0 atom stereocenters. The third-order valence-corrected chi connectivity index (χ3v) is 4.67. The first-order chi connectivity index (χ1) is 8.91. The number of aryl methyl sites for hydroxylation is 2. The number of ketones is 1. The molecule has 0 spiro atoms. The summed E-state index contributed by atoms with van der Waals surface area (Å²) in [5.41, 5.74) is 2.37. The molecule has 1 nitrogen and oxygen atoms in total. The van der Waals surface area contributed by atoms with Crippen LogP contribution in [0.5, 0.6) is 0 Å². The lowest BCUT2D eigenvalue weighted by Crippen LogP contribution is -2.06. The molecule has 0 aromatic heterocycles. The minimum Gasteiger partial charge on any atom is -0.289 e. The summed E-state index contributed by atoms with van der Waals surface area (Å²) < 4.78 is 14.3. The molecule has 2 rings (SSSR count). The average molecular weight is 389 g/mol. The number of halogens is 3. The van der Waals surface area contributed by atoms with Crippen molar-refractivity contribution in [2.24, 2.45) is 0 Å². The first kappa shape index (κ1) is 14.5. The van der Waals surface area contributed by atoms with Crippen LogP contribution >= 0.6 is 34.2 Å². The summed E-state index contributed by atoms with van der Waals surface area (Å²) in [7, 11) is 0. The van der Waals surface area contributed by atoms with Gasteiger partial charge in [0.05, 0.1) is 5.02 Å². The summed E-state index contributed by atoms with van der Waals surface area (Å²) in [6.45, 7) is 3.56. The molecule has 0 N–H and O–H groups in total. The van der Waals surface area contributed by atoms with Gasteiger partial charge in [-0.25, -0.2) is 4.39 Å². The van der Waals surface area contributed by atoms with Crippen molar-refractivity contribution in [1.29, 1.82) is 0 Å². The Kier molecular flexibility index (Phi) is 4.26. The third-order valence-electron chi connectivity index (χ3n) is 2.93. The van der Waals surface area contributed by atoms with Crippen LogP contribution in [0.3, 0.4) is 0 Å². The van der Waals surface area contributed by atoms with Gasteiger partial charge in [0.25, 0.3) is 0 Å². The molecule has 0 aliphatic rings. The highest BCUT2D eigenvalue weighted by molar-refractivity contribution is 14.1. The zero-order valence-corrected chi connectivity index (χ0v) is 13.3. The Balaban J connectivity index is 2.56. The zero-order valence-electron chi connectivity index (χ0n) is 10.4. The normalized spacial score (nSPS) is 10.6. The summed E-state index contributed by atoms with van der Waals surface area (Å²) in [6.07, 6.45) is 0. The van der Waals surface area contributed by atoms with Crippen molar-refractivity contribution in [3.05, 3.63) is 67.0 Å². The molecule has 0 radical (unpaired) electrons. The molecule has 0 aliphatic heterocycles. The molecule has 2 aromatic carbocycles. The second kappa shape index (κ2) is 5.59. The van der Waals surface area contributed by atoms with Gasteiger partial charge in [-0.15, -0.1) is 0 Å². The lowest BCUT2D eigenvalue weighted by molar-refractivity contribution is 0.103. The van der Waals surface area contributed by atoms with E-state index in [1.807, 2.05) is 19.1 Å². The van der Waals surface area contributed by atoms with Crippen molar-refractivity contribution in [1.82, 2.24) is 0 Å². The van der Waals surface area contributed by atoms with Crippen molar-refractivity contribution in [3.8, 4) is 0 Å². The number of carbonyl (C=O) groups is 1. The maximum atomic E-state index is 13.4. The van der Waals surface area contributed by atoms with Gasteiger partial charge >= 0.3 is 0 Å². The summed E-state index contributed by atoms with van der Waals surface area (Å²) in [6, 6.07) is 8.21. The molecule has 0 saturated heterocycles. The summed E-state index contributed by atoms with van der Waals surface area (Å²) in [5.74, 6) is -0.582. The fourth-order valence-electron chi connectivity index (χ4n) is 1.80. The highest BCUT2D eigenvalue weighted by Gasteiger charge is 2.18. The Bertz CT molecular complexity index is 667.